The Morgan fingerprint density at radius 1 is 1.43 bits per heavy atom. The molecule has 1 amide bonds. The number of benzene rings is 1. The average Bonchev–Trinajstić information content (AvgIpc) is 2.99. The maximum absolute atomic E-state index is 12.6. The smallest absolute Gasteiger partial charge is 0.263 e. The Balaban J connectivity index is 0.00000220. The highest BCUT2D eigenvalue weighted by molar-refractivity contribution is 5.85. The van der Waals surface area contributed by atoms with Crippen LogP contribution in [-0.4, -0.2) is 42.6 Å². The van der Waals surface area contributed by atoms with Gasteiger partial charge in [-0.3, -0.25) is 4.79 Å². The number of ether oxygens (including phenoxy) is 1. The van der Waals surface area contributed by atoms with Crippen LogP contribution >= 0.6 is 12.4 Å². The lowest BCUT2D eigenvalue weighted by Gasteiger charge is -2.30. The van der Waals surface area contributed by atoms with Gasteiger partial charge in [-0.2, -0.15) is 0 Å². The Hall–Kier alpha value is -1.26. The van der Waals surface area contributed by atoms with Crippen molar-refractivity contribution in [3.05, 3.63) is 30.3 Å². The van der Waals surface area contributed by atoms with Gasteiger partial charge in [0.1, 0.15) is 5.75 Å². The fourth-order valence-electron chi connectivity index (χ4n) is 2.61. The maximum atomic E-state index is 12.6. The van der Waals surface area contributed by atoms with Crippen molar-refractivity contribution in [2.45, 2.75) is 38.8 Å². The first-order valence-electron chi connectivity index (χ1n) is 7.45. The standard InChI is InChI=1S/C16H24N2O2.ClH/c1-3-11-18(14-9-10-17-12-14)16(19)13(2)20-15-7-5-4-6-8-15;/h4-8,13-14,17H,3,9-12H2,1-2H3;1H. The molecule has 1 N–H and O–H groups in total. The molecule has 118 valence electrons. The van der Waals surface area contributed by atoms with E-state index >= 15 is 0 Å². The zero-order chi connectivity index (χ0) is 14.4. The first-order chi connectivity index (χ1) is 9.72. The highest BCUT2D eigenvalue weighted by Gasteiger charge is 2.29. The molecule has 0 radical (unpaired) electrons. The molecule has 2 unspecified atom stereocenters. The minimum atomic E-state index is -0.440. The number of amides is 1. The Morgan fingerprint density at radius 3 is 2.71 bits per heavy atom. The Labute approximate surface area is 133 Å². The minimum Gasteiger partial charge on any atom is -0.481 e. The second kappa shape index (κ2) is 8.90. The molecule has 4 nitrogen and oxygen atoms in total. The van der Waals surface area contributed by atoms with Gasteiger partial charge in [0.05, 0.1) is 0 Å². The molecule has 21 heavy (non-hydrogen) atoms. The van der Waals surface area contributed by atoms with Crippen molar-refractivity contribution in [2.75, 3.05) is 19.6 Å². The van der Waals surface area contributed by atoms with Crippen molar-refractivity contribution in [1.82, 2.24) is 10.2 Å². The van der Waals surface area contributed by atoms with Crippen LogP contribution in [0.1, 0.15) is 26.7 Å². The minimum absolute atomic E-state index is 0. The summed E-state index contributed by atoms with van der Waals surface area (Å²) in [4.78, 5) is 14.6. The van der Waals surface area contributed by atoms with Crippen LogP contribution < -0.4 is 10.1 Å². The van der Waals surface area contributed by atoms with Crippen molar-refractivity contribution >= 4 is 18.3 Å². The molecular weight excluding hydrogens is 288 g/mol. The van der Waals surface area contributed by atoms with E-state index in [0.717, 1.165) is 38.2 Å². The van der Waals surface area contributed by atoms with Crippen LogP contribution in [0.5, 0.6) is 5.75 Å². The lowest BCUT2D eigenvalue weighted by atomic mass is 10.2. The van der Waals surface area contributed by atoms with Crippen LogP contribution in [0.3, 0.4) is 0 Å². The molecular formula is C16H25ClN2O2. The third-order valence-electron chi connectivity index (χ3n) is 3.63. The molecule has 1 aliphatic rings. The SMILES string of the molecule is CCCN(C(=O)C(C)Oc1ccccc1)C1CCNC1.Cl. The zero-order valence-electron chi connectivity index (χ0n) is 12.7. The molecule has 1 fully saturated rings. The molecule has 0 aliphatic carbocycles. The van der Waals surface area contributed by atoms with Crippen LogP contribution in [0.15, 0.2) is 30.3 Å². The quantitative estimate of drug-likeness (QED) is 0.877. The van der Waals surface area contributed by atoms with Gasteiger partial charge in [0, 0.05) is 19.1 Å². The van der Waals surface area contributed by atoms with Crippen LogP contribution in [0.25, 0.3) is 0 Å². The van der Waals surface area contributed by atoms with Gasteiger partial charge in [-0.15, -0.1) is 12.4 Å². The monoisotopic (exact) mass is 312 g/mol. The van der Waals surface area contributed by atoms with Gasteiger partial charge >= 0.3 is 0 Å². The van der Waals surface area contributed by atoms with Crippen molar-refractivity contribution in [3.63, 3.8) is 0 Å². The molecule has 5 heteroatoms. The molecule has 0 bridgehead atoms. The lowest BCUT2D eigenvalue weighted by Crippen LogP contribution is -2.47. The first kappa shape index (κ1) is 17.8. The van der Waals surface area contributed by atoms with Gasteiger partial charge in [0.15, 0.2) is 6.10 Å². The van der Waals surface area contributed by atoms with Crippen molar-refractivity contribution < 1.29 is 9.53 Å². The average molecular weight is 313 g/mol. The second-order valence-corrected chi connectivity index (χ2v) is 5.25. The Morgan fingerprint density at radius 2 is 2.14 bits per heavy atom. The van der Waals surface area contributed by atoms with Crippen molar-refractivity contribution in [2.24, 2.45) is 0 Å². The number of para-hydroxylation sites is 1. The van der Waals surface area contributed by atoms with E-state index < -0.39 is 6.10 Å². The third kappa shape index (κ3) is 4.90. The summed E-state index contributed by atoms with van der Waals surface area (Å²) < 4.78 is 5.75. The van der Waals surface area contributed by atoms with Crippen LogP contribution in [0.4, 0.5) is 0 Å². The summed E-state index contributed by atoms with van der Waals surface area (Å²) in [6.45, 7) is 6.62. The maximum Gasteiger partial charge on any atom is 0.263 e. The first-order valence-corrected chi connectivity index (χ1v) is 7.45. The molecule has 0 spiro atoms. The van der Waals surface area contributed by atoms with Crippen molar-refractivity contribution in [3.8, 4) is 5.75 Å². The number of nitrogens with one attached hydrogen (secondary N) is 1. The van der Waals surface area contributed by atoms with Gasteiger partial charge in [0.2, 0.25) is 0 Å². The van der Waals surface area contributed by atoms with E-state index in [-0.39, 0.29) is 18.3 Å². The number of hydrogen-bond acceptors (Lipinski definition) is 3. The molecule has 1 aromatic rings. The fourth-order valence-corrected chi connectivity index (χ4v) is 2.61. The summed E-state index contributed by atoms with van der Waals surface area (Å²) >= 11 is 0. The Bertz CT molecular complexity index is 422. The van der Waals surface area contributed by atoms with Gasteiger partial charge in [-0.05, 0) is 38.4 Å². The highest BCUT2D eigenvalue weighted by atomic mass is 35.5. The van der Waals surface area contributed by atoms with E-state index in [1.54, 1.807) is 0 Å². The van der Waals surface area contributed by atoms with E-state index in [1.165, 1.54) is 0 Å². The third-order valence-corrected chi connectivity index (χ3v) is 3.63. The second-order valence-electron chi connectivity index (χ2n) is 5.25. The molecule has 1 heterocycles. The molecule has 2 rings (SSSR count). The number of halogens is 1. The van der Waals surface area contributed by atoms with E-state index in [0.29, 0.717) is 6.04 Å². The van der Waals surface area contributed by atoms with Gasteiger partial charge in [-0.1, -0.05) is 25.1 Å². The normalized spacial score (nSPS) is 18.7. The zero-order valence-corrected chi connectivity index (χ0v) is 13.6. The summed E-state index contributed by atoms with van der Waals surface area (Å²) in [5.41, 5.74) is 0. The van der Waals surface area contributed by atoms with Crippen LogP contribution in [0.2, 0.25) is 0 Å². The Kier molecular flexibility index (Phi) is 7.54. The molecule has 1 aliphatic heterocycles. The topological polar surface area (TPSA) is 41.6 Å². The van der Waals surface area contributed by atoms with Gasteiger partial charge in [-0.25, -0.2) is 0 Å². The van der Waals surface area contributed by atoms with E-state index in [9.17, 15) is 4.79 Å². The summed E-state index contributed by atoms with van der Waals surface area (Å²) in [7, 11) is 0. The van der Waals surface area contributed by atoms with E-state index in [1.807, 2.05) is 42.2 Å². The number of rotatable bonds is 6. The van der Waals surface area contributed by atoms with E-state index in [4.69, 9.17) is 4.74 Å². The molecule has 2 atom stereocenters. The van der Waals surface area contributed by atoms with Gasteiger partial charge in [0.25, 0.3) is 5.91 Å². The molecule has 1 saturated heterocycles. The molecule has 1 aromatic carbocycles. The van der Waals surface area contributed by atoms with E-state index in [2.05, 4.69) is 12.2 Å². The van der Waals surface area contributed by atoms with Crippen molar-refractivity contribution in [1.29, 1.82) is 0 Å². The summed E-state index contributed by atoms with van der Waals surface area (Å²) in [6.07, 6.45) is 1.56. The largest absolute Gasteiger partial charge is 0.481 e. The molecule has 0 saturated carbocycles. The summed E-state index contributed by atoms with van der Waals surface area (Å²) in [5, 5.41) is 3.32. The number of nitrogens with zero attached hydrogens (tertiary/aromatic N) is 1. The lowest BCUT2D eigenvalue weighted by molar-refractivity contribution is -0.140. The summed E-state index contributed by atoms with van der Waals surface area (Å²) in [5.74, 6) is 0.832. The predicted molar refractivity (Wildman–Crippen MR) is 87.1 cm³/mol. The molecule has 0 aromatic heterocycles. The fraction of sp³-hybridized carbons (Fsp3) is 0.562. The summed E-state index contributed by atoms with van der Waals surface area (Å²) in [6, 6.07) is 9.83. The van der Waals surface area contributed by atoms with Crippen LogP contribution in [-0.2, 0) is 4.79 Å². The van der Waals surface area contributed by atoms with Gasteiger partial charge < -0.3 is 15.0 Å². The number of hydrogen-bond donors (Lipinski definition) is 1. The number of carbonyl (C=O) groups excluding carboxylic acids is 1. The predicted octanol–water partition coefficient (Wildman–Crippen LogP) is 2.48. The number of carbonyl (C=O) groups is 1. The highest BCUT2D eigenvalue weighted by Crippen LogP contribution is 2.15. The van der Waals surface area contributed by atoms with Crippen LogP contribution in [0, 0.1) is 0 Å².